The molecule has 1 aromatic rings. The summed E-state index contributed by atoms with van der Waals surface area (Å²) in [4.78, 5) is 0. The largest absolute Gasteiger partial charge is 0.372 e. The third-order valence-electron chi connectivity index (χ3n) is 2.96. The topological polar surface area (TPSA) is 24.1 Å². The van der Waals surface area contributed by atoms with E-state index in [0.717, 1.165) is 6.67 Å². The Balaban J connectivity index is 2.08. The lowest BCUT2D eigenvalue weighted by Gasteiger charge is -2.29. The highest BCUT2D eigenvalue weighted by Gasteiger charge is 2.20. The molecule has 80 valence electrons. The summed E-state index contributed by atoms with van der Waals surface area (Å²) in [6, 6.07) is 10.8. The van der Waals surface area contributed by atoms with Gasteiger partial charge in [-0.05, 0) is 11.1 Å². The van der Waals surface area contributed by atoms with Gasteiger partial charge in [0.1, 0.15) is 0 Å². The van der Waals surface area contributed by atoms with Gasteiger partial charge in [-0.2, -0.15) is 0 Å². The van der Waals surface area contributed by atoms with Gasteiger partial charge in [0.15, 0.2) is 0 Å². The lowest BCUT2D eigenvalue weighted by atomic mass is 9.95. The predicted molar refractivity (Wildman–Crippen MR) is 66.6 cm³/mol. The Morgan fingerprint density at radius 1 is 1.06 bits per heavy atom. The van der Waals surface area contributed by atoms with Crippen LogP contribution in [-0.4, -0.2) is 12.7 Å². The van der Waals surface area contributed by atoms with Gasteiger partial charge in [-0.3, -0.25) is 5.32 Å². The van der Waals surface area contributed by atoms with Gasteiger partial charge < -0.3 is 5.32 Å². The Morgan fingerprint density at radius 3 is 2.81 bits per heavy atom. The van der Waals surface area contributed by atoms with E-state index in [4.69, 9.17) is 0 Å². The van der Waals surface area contributed by atoms with Crippen molar-refractivity contribution < 1.29 is 0 Å². The molecule has 1 aliphatic heterocycles. The van der Waals surface area contributed by atoms with Crippen molar-refractivity contribution >= 4 is 5.70 Å². The van der Waals surface area contributed by atoms with Crippen LogP contribution in [-0.2, 0) is 0 Å². The first kappa shape index (κ1) is 9.43. The Labute approximate surface area is 95.4 Å². The number of allylic oxidation sites excluding steroid dienone is 2. The van der Waals surface area contributed by atoms with Crippen LogP contribution in [0.3, 0.4) is 0 Å². The van der Waals surface area contributed by atoms with Crippen LogP contribution in [0.25, 0.3) is 5.70 Å². The van der Waals surface area contributed by atoms with Crippen molar-refractivity contribution in [2.75, 3.05) is 6.67 Å². The zero-order chi connectivity index (χ0) is 10.8. The first-order valence-corrected chi connectivity index (χ1v) is 5.57. The normalized spacial score (nSPS) is 22.9. The molecular weight excluding hydrogens is 196 g/mol. The molecule has 1 atom stereocenters. The molecule has 2 N–H and O–H groups in total. The van der Waals surface area contributed by atoms with Crippen LogP contribution in [0.2, 0.25) is 0 Å². The lowest BCUT2D eigenvalue weighted by Crippen LogP contribution is -2.42. The summed E-state index contributed by atoms with van der Waals surface area (Å²) in [7, 11) is 0. The first-order valence-electron chi connectivity index (χ1n) is 5.57. The zero-order valence-electron chi connectivity index (χ0n) is 8.98. The summed E-state index contributed by atoms with van der Waals surface area (Å²) in [5.74, 6) is 0. The minimum Gasteiger partial charge on any atom is -0.372 e. The van der Waals surface area contributed by atoms with Gasteiger partial charge in [0.2, 0.25) is 0 Å². The highest BCUT2D eigenvalue weighted by atomic mass is 15.1. The van der Waals surface area contributed by atoms with E-state index in [2.05, 4.69) is 59.2 Å². The zero-order valence-corrected chi connectivity index (χ0v) is 8.98. The van der Waals surface area contributed by atoms with E-state index in [1.165, 1.54) is 16.8 Å². The molecule has 0 amide bonds. The van der Waals surface area contributed by atoms with Gasteiger partial charge in [-0.1, -0.05) is 54.6 Å². The second-order valence-electron chi connectivity index (χ2n) is 3.98. The maximum atomic E-state index is 3.42. The smallest absolute Gasteiger partial charge is 0.0660 e. The molecule has 0 fully saturated rings. The highest BCUT2D eigenvalue weighted by molar-refractivity contribution is 5.72. The average Bonchev–Trinajstić information content (AvgIpc) is 2.39. The first-order chi connectivity index (χ1) is 7.95. The van der Waals surface area contributed by atoms with Crippen molar-refractivity contribution in [3.8, 4) is 0 Å². The molecule has 1 aromatic carbocycles. The average molecular weight is 210 g/mol. The molecule has 0 spiro atoms. The number of benzene rings is 1. The molecular formula is C14H14N2. The number of nitrogens with one attached hydrogen (secondary N) is 2. The van der Waals surface area contributed by atoms with Gasteiger partial charge in [-0.15, -0.1) is 0 Å². The number of fused-ring (bicyclic) bond motifs is 1. The molecule has 0 bridgehead atoms. The monoisotopic (exact) mass is 210 g/mol. The molecule has 2 nitrogen and oxygen atoms in total. The van der Waals surface area contributed by atoms with Crippen LogP contribution in [0.1, 0.15) is 5.56 Å². The van der Waals surface area contributed by atoms with Crippen LogP contribution >= 0.6 is 0 Å². The van der Waals surface area contributed by atoms with E-state index in [1.54, 1.807) is 0 Å². The summed E-state index contributed by atoms with van der Waals surface area (Å²) in [6.07, 6.45) is 8.55. The Morgan fingerprint density at radius 2 is 1.94 bits per heavy atom. The fourth-order valence-corrected chi connectivity index (χ4v) is 2.18. The number of hydrogen-bond acceptors (Lipinski definition) is 2. The standard InChI is InChI=1S/C14H14N2/c1-2-6-11(7-3-1)14-12-8-4-5-9-13(12)15-10-16-14/h1-9,13,15-16H,10H2. The van der Waals surface area contributed by atoms with Crippen LogP contribution < -0.4 is 10.6 Å². The fourth-order valence-electron chi connectivity index (χ4n) is 2.18. The Hall–Kier alpha value is -1.80. The molecule has 1 aliphatic carbocycles. The quantitative estimate of drug-likeness (QED) is 0.741. The SMILES string of the molecule is C1=CC2=C(c3ccccc3)NCNC2C=C1. The minimum absolute atomic E-state index is 0.349. The maximum Gasteiger partial charge on any atom is 0.0660 e. The minimum atomic E-state index is 0.349. The molecule has 0 aromatic heterocycles. The van der Waals surface area contributed by atoms with E-state index < -0.39 is 0 Å². The van der Waals surface area contributed by atoms with Crippen LogP contribution in [0.15, 0.2) is 60.2 Å². The van der Waals surface area contributed by atoms with Crippen LogP contribution in [0, 0.1) is 0 Å². The van der Waals surface area contributed by atoms with Gasteiger partial charge in [0.25, 0.3) is 0 Å². The van der Waals surface area contributed by atoms with Crippen LogP contribution in [0.4, 0.5) is 0 Å². The summed E-state index contributed by atoms with van der Waals surface area (Å²) in [5.41, 5.74) is 3.81. The van der Waals surface area contributed by atoms with Crippen molar-refractivity contribution in [2.45, 2.75) is 6.04 Å². The van der Waals surface area contributed by atoms with Gasteiger partial charge in [0.05, 0.1) is 12.7 Å². The van der Waals surface area contributed by atoms with E-state index in [9.17, 15) is 0 Å². The van der Waals surface area contributed by atoms with Gasteiger partial charge in [0, 0.05) is 5.70 Å². The Bertz CT molecular complexity index is 469. The fraction of sp³-hybridized carbons (Fsp3) is 0.143. The second kappa shape index (κ2) is 3.99. The molecule has 0 saturated carbocycles. The lowest BCUT2D eigenvalue weighted by molar-refractivity contribution is 0.600. The van der Waals surface area contributed by atoms with Gasteiger partial charge >= 0.3 is 0 Å². The van der Waals surface area contributed by atoms with E-state index >= 15 is 0 Å². The predicted octanol–water partition coefficient (Wildman–Crippen LogP) is 2.04. The molecule has 0 radical (unpaired) electrons. The summed E-state index contributed by atoms with van der Waals surface area (Å²) in [5, 5.41) is 6.83. The van der Waals surface area contributed by atoms with Crippen molar-refractivity contribution in [1.82, 2.24) is 10.6 Å². The van der Waals surface area contributed by atoms with Crippen molar-refractivity contribution in [2.24, 2.45) is 0 Å². The van der Waals surface area contributed by atoms with E-state index in [-0.39, 0.29) is 0 Å². The number of rotatable bonds is 1. The highest BCUT2D eigenvalue weighted by Crippen LogP contribution is 2.24. The molecule has 3 rings (SSSR count). The summed E-state index contributed by atoms with van der Waals surface area (Å²) in [6.45, 7) is 0.816. The van der Waals surface area contributed by atoms with Crippen molar-refractivity contribution in [3.63, 3.8) is 0 Å². The third kappa shape index (κ3) is 1.57. The molecule has 1 heterocycles. The van der Waals surface area contributed by atoms with E-state index in [0.29, 0.717) is 6.04 Å². The molecule has 2 heteroatoms. The molecule has 16 heavy (non-hydrogen) atoms. The van der Waals surface area contributed by atoms with Gasteiger partial charge in [-0.25, -0.2) is 0 Å². The molecule has 0 saturated heterocycles. The van der Waals surface area contributed by atoms with Crippen LogP contribution in [0.5, 0.6) is 0 Å². The number of hydrogen-bond donors (Lipinski definition) is 2. The molecule has 1 unspecified atom stereocenters. The second-order valence-corrected chi connectivity index (χ2v) is 3.98. The summed E-state index contributed by atoms with van der Waals surface area (Å²) >= 11 is 0. The molecule has 2 aliphatic rings. The van der Waals surface area contributed by atoms with Crippen molar-refractivity contribution in [3.05, 3.63) is 65.8 Å². The Kier molecular flexibility index (Phi) is 2.35. The maximum absolute atomic E-state index is 3.42. The summed E-state index contributed by atoms with van der Waals surface area (Å²) < 4.78 is 0. The third-order valence-corrected chi connectivity index (χ3v) is 2.96. The van der Waals surface area contributed by atoms with Crippen molar-refractivity contribution in [1.29, 1.82) is 0 Å². The van der Waals surface area contributed by atoms with E-state index in [1.807, 2.05) is 6.07 Å².